The van der Waals surface area contributed by atoms with Gasteiger partial charge in [0.05, 0.1) is 0 Å². The molecule has 150 valence electrons. The van der Waals surface area contributed by atoms with Crippen molar-refractivity contribution in [1.82, 2.24) is 0 Å². The van der Waals surface area contributed by atoms with Gasteiger partial charge in [0.1, 0.15) is 0 Å². The monoisotopic (exact) mass is 375 g/mol. The molecule has 1 aromatic rings. The average Bonchev–Trinajstić information content (AvgIpc) is 2.63. The molecule has 0 saturated heterocycles. The Balaban J connectivity index is 2.63. The van der Waals surface area contributed by atoms with Gasteiger partial charge in [-0.3, -0.25) is 14.4 Å². The van der Waals surface area contributed by atoms with Crippen molar-refractivity contribution in [2.24, 2.45) is 23.3 Å². The lowest BCUT2D eigenvalue weighted by Gasteiger charge is -2.20. The van der Waals surface area contributed by atoms with Gasteiger partial charge in [0.25, 0.3) is 0 Å². The van der Waals surface area contributed by atoms with Crippen molar-refractivity contribution in [3.05, 3.63) is 29.3 Å². The third-order valence-corrected chi connectivity index (χ3v) is 5.05. The van der Waals surface area contributed by atoms with Crippen molar-refractivity contribution < 1.29 is 14.4 Å². The molecule has 0 saturated carbocycles. The maximum Gasteiger partial charge on any atom is 0.248 e. The number of hydrogen-bond acceptors (Lipinski definition) is 3. The summed E-state index contributed by atoms with van der Waals surface area (Å²) in [5.74, 6) is -1.46. The van der Waals surface area contributed by atoms with Gasteiger partial charge in [-0.05, 0) is 30.5 Å². The Kier molecular flexibility index (Phi) is 9.54. The largest absolute Gasteiger partial charge is 0.366 e. The first-order chi connectivity index (χ1) is 12.8. The maximum absolute atomic E-state index is 12.5. The van der Waals surface area contributed by atoms with Gasteiger partial charge in [0, 0.05) is 22.7 Å². The third-order valence-electron chi connectivity index (χ3n) is 5.05. The molecule has 6 nitrogen and oxygen atoms in total. The predicted octanol–water partition coefficient (Wildman–Crippen LogP) is 3.85. The summed E-state index contributed by atoms with van der Waals surface area (Å²) in [6.07, 6.45) is 8.35. The highest BCUT2D eigenvalue weighted by molar-refractivity contribution is 6.02. The minimum atomic E-state index is -0.682. The molecule has 0 heterocycles. The van der Waals surface area contributed by atoms with E-state index < -0.39 is 11.8 Å². The second kappa shape index (κ2) is 11.4. The number of unbranched alkanes of at least 4 members (excludes halogenated alkanes) is 5. The van der Waals surface area contributed by atoms with Crippen molar-refractivity contribution in [3.8, 4) is 0 Å². The lowest BCUT2D eigenvalue weighted by molar-refractivity contribution is -0.120. The number of nitrogens with one attached hydrogen (secondary N) is 1. The van der Waals surface area contributed by atoms with E-state index in [4.69, 9.17) is 11.5 Å². The highest BCUT2D eigenvalue weighted by atomic mass is 16.2. The summed E-state index contributed by atoms with van der Waals surface area (Å²) in [6, 6.07) is 4.24. The molecule has 0 aliphatic carbocycles. The highest BCUT2D eigenvalue weighted by Crippen LogP contribution is 2.22. The molecular formula is C21H33N3O3. The van der Waals surface area contributed by atoms with Gasteiger partial charge in [-0.2, -0.15) is 0 Å². The van der Waals surface area contributed by atoms with Crippen molar-refractivity contribution in [3.63, 3.8) is 0 Å². The van der Waals surface area contributed by atoms with Gasteiger partial charge in [0.2, 0.25) is 17.7 Å². The van der Waals surface area contributed by atoms with Gasteiger partial charge in [-0.25, -0.2) is 0 Å². The van der Waals surface area contributed by atoms with Crippen LogP contribution in [0.3, 0.4) is 0 Å². The summed E-state index contributed by atoms with van der Waals surface area (Å²) in [5.41, 5.74) is 11.2. The molecule has 27 heavy (non-hydrogen) atoms. The minimum Gasteiger partial charge on any atom is -0.366 e. The number of benzene rings is 1. The van der Waals surface area contributed by atoms with E-state index in [0.29, 0.717) is 5.69 Å². The van der Waals surface area contributed by atoms with E-state index in [0.717, 1.165) is 12.8 Å². The molecule has 2 unspecified atom stereocenters. The summed E-state index contributed by atoms with van der Waals surface area (Å²) >= 11 is 0. The quantitative estimate of drug-likeness (QED) is 0.482. The van der Waals surface area contributed by atoms with Crippen LogP contribution in [0, 0.1) is 11.8 Å². The molecule has 5 N–H and O–H groups in total. The van der Waals surface area contributed by atoms with Gasteiger partial charge in [-0.15, -0.1) is 0 Å². The smallest absolute Gasteiger partial charge is 0.248 e. The van der Waals surface area contributed by atoms with E-state index in [1.54, 1.807) is 0 Å². The molecular weight excluding hydrogens is 342 g/mol. The molecule has 0 spiro atoms. The normalized spacial score (nSPS) is 13.0. The number of rotatable bonds is 12. The van der Waals surface area contributed by atoms with Crippen molar-refractivity contribution in [2.45, 2.75) is 65.7 Å². The third kappa shape index (κ3) is 7.81. The van der Waals surface area contributed by atoms with Crippen LogP contribution in [-0.2, 0) is 4.79 Å². The fourth-order valence-electron chi connectivity index (χ4n) is 3.00. The predicted molar refractivity (Wildman–Crippen MR) is 108 cm³/mol. The van der Waals surface area contributed by atoms with Crippen molar-refractivity contribution in [1.29, 1.82) is 0 Å². The Labute approximate surface area is 162 Å². The molecule has 0 radical (unpaired) electrons. The van der Waals surface area contributed by atoms with Crippen LogP contribution in [0.5, 0.6) is 0 Å². The van der Waals surface area contributed by atoms with Crippen LogP contribution in [-0.4, -0.2) is 17.7 Å². The van der Waals surface area contributed by atoms with Gasteiger partial charge in [-0.1, -0.05) is 59.3 Å². The van der Waals surface area contributed by atoms with E-state index in [1.165, 1.54) is 50.3 Å². The molecule has 1 rings (SSSR count). The van der Waals surface area contributed by atoms with E-state index >= 15 is 0 Å². The summed E-state index contributed by atoms with van der Waals surface area (Å²) in [7, 11) is 0. The molecule has 0 aliphatic rings. The fraction of sp³-hybridized carbons (Fsp3) is 0.571. The van der Waals surface area contributed by atoms with E-state index in [-0.39, 0.29) is 28.9 Å². The van der Waals surface area contributed by atoms with Crippen LogP contribution in [0.15, 0.2) is 18.2 Å². The van der Waals surface area contributed by atoms with Crippen molar-refractivity contribution >= 4 is 23.4 Å². The van der Waals surface area contributed by atoms with Gasteiger partial charge >= 0.3 is 0 Å². The van der Waals surface area contributed by atoms with Crippen molar-refractivity contribution in [2.75, 3.05) is 5.32 Å². The van der Waals surface area contributed by atoms with E-state index in [2.05, 4.69) is 19.2 Å². The van der Waals surface area contributed by atoms with Gasteiger partial charge < -0.3 is 16.8 Å². The second-order valence-electron chi connectivity index (χ2n) is 7.34. The molecule has 3 amide bonds. The molecule has 2 atom stereocenters. The number of carbonyl (C=O) groups excluding carboxylic acids is 3. The average molecular weight is 376 g/mol. The number of carbonyl (C=O) groups is 3. The SMILES string of the molecule is CCCCCCCCC(C)C(C)C(=O)Nc1cc(C(N)=O)cc(C(N)=O)c1. The van der Waals surface area contributed by atoms with Crippen LogP contribution in [0.25, 0.3) is 0 Å². The number of nitrogens with two attached hydrogens (primary N) is 2. The number of hydrogen-bond donors (Lipinski definition) is 3. The lowest BCUT2D eigenvalue weighted by Crippen LogP contribution is -2.26. The molecule has 0 aliphatic heterocycles. The number of amides is 3. The zero-order chi connectivity index (χ0) is 20.4. The van der Waals surface area contributed by atoms with Crippen LogP contribution >= 0.6 is 0 Å². The Morgan fingerprint density at radius 2 is 1.41 bits per heavy atom. The Morgan fingerprint density at radius 1 is 0.889 bits per heavy atom. The van der Waals surface area contributed by atoms with Crippen LogP contribution in [0.1, 0.15) is 86.4 Å². The minimum absolute atomic E-state index is 0.134. The molecule has 1 aromatic carbocycles. The van der Waals surface area contributed by atoms with Crippen LogP contribution in [0.4, 0.5) is 5.69 Å². The first-order valence-electron chi connectivity index (χ1n) is 9.81. The van der Waals surface area contributed by atoms with Crippen LogP contribution in [0.2, 0.25) is 0 Å². The summed E-state index contributed by atoms with van der Waals surface area (Å²) < 4.78 is 0. The first kappa shape index (κ1) is 22.7. The highest BCUT2D eigenvalue weighted by Gasteiger charge is 2.21. The van der Waals surface area contributed by atoms with E-state index in [1.807, 2.05) is 6.92 Å². The van der Waals surface area contributed by atoms with E-state index in [9.17, 15) is 14.4 Å². The Morgan fingerprint density at radius 3 is 1.93 bits per heavy atom. The summed E-state index contributed by atoms with van der Waals surface area (Å²) in [5, 5.41) is 2.78. The summed E-state index contributed by atoms with van der Waals surface area (Å²) in [4.78, 5) is 35.4. The fourth-order valence-corrected chi connectivity index (χ4v) is 3.00. The summed E-state index contributed by atoms with van der Waals surface area (Å²) in [6.45, 7) is 6.17. The second-order valence-corrected chi connectivity index (χ2v) is 7.34. The topological polar surface area (TPSA) is 115 Å². The molecule has 0 fully saturated rings. The molecule has 0 aromatic heterocycles. The van der Waals surface area contributed by atoms with Crippen LogP contribution < -0.4 is 16.8 Å². The molecule has 0 bridgehead atoms. The number of anilines is 1. The Bertz CT molecular complexity index is 626. The Hall–Kier alpha value is -2.37. The zero-order valence-electron chi connectivity index (χ0n) is 16.7. The van der Waals surface area contributed by atoms with Gasteiger partial charge in [0.15, 0.2) is 0 Å². The molecule has 6 heteroatoms. The standard InChI is InChI=1S/C21H33N3O3/c1-4-5-6-7-8-9-10-14(2)15(3)21(27)24-18-12-16(19(22)25)11-17(13-18)20(23)26/h11-15H,4-10H2,1-3H3,(H2,22,25)(H2,23,26)(H,24,27). The number of primary amides is 2. The zero-order valence-corrected chi connectivity index (χ0v) is 16.7. The lowest BCUT2D eigenvalue weighted by atomic mass is 9.89. The first-order valence-corrected chi connectivity index (χ1v) is 9.81. The maximum atomic E-state index is 12.5.